The molecule has 0 spiro atoms. The third-order valence-corrected chi connectivity index (χ3v) is 8.84. The molecule has 2 fully saturated rings. The molecule has 3 heterocycles. The number of carbonyl (C=O) groups excluding carboxylic acids is 1. The van der Waals surface area contributed by atoms with Crippen LogP contribution in [0, 0.1) is 0 Å². The minimum Gasteiger partial charge on any atom is -0.368 e. The van der Waals surface area contributed by atoms with Gasteiger partial charge in [0.1, 0.15) is 22.0 Å². The van der Waals surface area contributed by atoms with Crippen LogP contribution in [0.4, 0.5) is 5.69 Å². The summed E-state index contributed by atoms with van der Waals surface area (Å²) in [4.78, 5) is 17.5. The molecule has 0 aliphatic carbocycles. The molecule has 1 atom stereocenters. The first-order chi connectivity index (χ1) is 15.4. The number of carbonyl (C=O) groups is 1. The Morgan fingerprint density at radius 3 is 2.50 bits per heavy atom. The van der Waals surface area contributed by atoms with Crippen molar-refractivity contribution < 1.29 is 13.2 Å². The van der Waals surface area contributed by atoms with Gasteiger partial charge in [-0.3, -0.25) is 4.79 Å². The number of hydrogen-bond acceptors (Lipinski definition) is 7. The molecule has 168 valence electrons. The Morgan fingerprint density at radius 2 is 1.75 bits per heavy atom. The molecule has 1 amide bonds. The SMILES string of the molecule is O=C([C@@H]1CCCN1S(=O)(=O)c1cccc2nsnc12)N1CCN(c2ccc(Cl)cc2)CC1. The fourth-order valence-corrected chi connectivity index (χ4v) is 6.97. The summed E-state index contributed by atoms with van der Waals surface area (Å²) < 4.78 is 36.6. The van der Waals surface area contributed by atoms with Crippen molar-refractivity contribution in [3.63, 3.8) is 0 Å². The van der Waals surface area contributed by atoms with Crippen molar-refractivity contribution in [1.82, 2.24) is 18.0 Å². The van der Waals surface area contributed by atoms with Crippen LogP contribution in [-0.2, 0) is 14.8 Å². The van der Waals surface area contributed by atoms with E-state index in [1.165, 1.54) is 4.31 Å². The average Bonchev–Trinajstić information content (AvgIpc) is 3.49. The smallest absolute Gasteiger partial charge is 0.246 e. The highest BCUT2D eigenvalue weighted by Gasteiger charge is 2.42. The fourth-order valence-electron chi connectivity index (χ4n) is 4.44. The van der Waals surface area contributed by atoms with Crippen LogP contribution in [0.15, 0.2) is 47.4 Å². The van der Waals surface area contributed by atoms with Crippen molar-refractivity contribution in [3.8, 4) is 0 Å². The quantitative estimate of drug-likeness (QED) is 0.557. The van der Waals surface area contributed by atoms with Crippen LogP contribution < -0.4 is 4.90 Å². The van der Waals surface area contributed by atoms with E-state index in [1.54, 1.807) is 23.1 Å². The molecule has 2 aromatic carbocycles. The first-order valence-corrected chi connectivity index (χ1v) is 13.0. The van der Waals surface area contributed by atoms with Crippen LogP contribution in [0.25, 0.3) is 11.0 Å². The van der Waals surface area contributed by atoms with Gasteiger partial charge in [-0.1, -0.05) is 17.7 Å². The number of anilines is 1. The third kappa shape index (κ3) is 3.85. The molecule has 0 radical (unpaired) electrons. The molecule has 0 saturated carbocycles. The number of aromatic nitrogens is 2. The number of halogens is 1. The highest BCUT2D eigenvalue weighted by molar-refractivity contribution is 7.89. The van der Waals surface area contributed by atoms with Crippen molar-refractivity contribution in [1.29, 1.82) is 0 Å². The van der Waals surface area contributed by atoms with Gasteiger partial charge in [-0.2, -0.15) is 13.1 Å². The minimum atomic E-state index is -3.86. The number of amides is 1. The van der Waals surface area contributed by atoms with Crippen LogP contribution in [0.3, 0.4) is 0 Å². The average molecular weight is 492 g/mol. The number of piperazine rings is 1. The third-order valence-electron chi connectivity index (χ3n) is 6.11. The lowest BCUT2D eigenvalue weighted by Crippen LogP contribution is -2.54. The van der Waals surface area contributed by atoms with Gasteiger partial charge in [-0.25, -0.2) is 8.42 Å². The Balaban J connectivity index is 1.32. The maximum atomic E-state index is 13.5. The van der Waals surface area contributed by atoms with Gasteiger partial charge in [0.25, 0.3) is 0 Å². The summed E-state index contributed by atoms with van der Waals surface area (Å²) in [7, 11) is -3.86. The number of rotatable bonds is 4. The lowest BCUT2D eigenvalue weighted by Gasteiger charge is -2.38. The molecular formula is C21H22ClN5O3S2. The largest absolute Gasteiger partial charge is 0.368 e. The van der Waals surface area contributed by atoms with E-state index in [9.17, 15) is 13.2 Å². The van der Waals surface area contributed by atoms with Crippen LogP contribution >= 0.6 is 23.3 Å². The van der Waals surface area contributed by atoms with E-state index in [0.29, 0.717) is 61.6 Å². The summed E-state index contributed by atoms with van der Waals surface area (Å²) in [5.74, 6) is -0.120. The number of fused-ring (bicyclic) bond motifs is 1. The summed E-state index contributed by atoms with van der Waals surface area (Å²) in [6.07, 6.45) is 1.19. The molecule has 3 aromatic rings. The zero-order valence-electron chi connectivity index (χ0n) is 17.2. The first kappa shape index (κ1) is 21.6. The molecule has 32 heavy (non-hydrogen) atoms. The number of benzene rings is 2. The molecule has 0 N–H and O–H groups in total. The Hall–Kier alpha value is -2.27. The van der Waals surface area contributed by atoms with Crippen molar-refractivity contribution >= 4 is 56.0 Å². The van der Waals surface area contributed by atoms with Crippen LogP contribution in [0.2, 0.25) is 5.02 Å². The maximum Gasteiger partial charge on any atom is 0.246 e. The van der Waals surface area contributed by atoms with E-state index in [2.05, 4.69) is 13.6 Å². The van der Waals surface area contributed by atoms with Gasteiger partial charge >= 0.3 is 0 Å². The predicted molar refractivity (Wildman–Crippen MR) is 125 cm³/mol. The van der Waals surface area contributed by atoms with Gasteiger partial charge in [-0.05, 0) is 49.2 Å². The molecule has 0 bridgehead atoms. The van der Waals surface area contributed by atoms with Crippen LogP contribution in [0.1, 0.15) is 12.8 Å². The monoisotopic (exact) mass is 491 g/mol. The molecule has 8 nitrogen and oxygen atoms in total. The summed E-state index contributed by atoms with van der Waals surface area (Å²) in [6, 6.07) is 11.9. The second-order valence-electron chi connectivity index (χ2n) is 7.95. The van der Waals surface area contributed by atoms with E-state index >= 15 is 0 Å². The maximum absolute atomic E-state index is 13.5. The van der Waals surface area contributed by atoms with Gasteiger partial charge in [0.2, 0.25) is 15.9 Å². The zero-order valence-corrected chi connectivity index (χ0v) is 19.6. The van der Waals surface area contributed by atoms with Crippen molar-refractivity contribution in [2.75, 3.05) is 37.6 Å². The molecule has 0 unspecified atom stereocenters. The summed E-state index contributed by atoms with van der Waals surface area (Å²) in [5.41, 5.74) is 1.99. The summed E-state index contributed by atoms with van der Waals surface area (Å²) in [5, 5.41) is 0.689. The standard InChI is InChI=1S/C21H22ClN5O3S2/c22-15-6-8-16(9-7-15)25-11-13-26(14-12-25)21(28)18-4-2-10-27(18)32(29,30)19-5-1-3-17-20(19)24-31-23-17/h1,3,5-9,18H,2,4,10-14H2/t18-/m0/s1. The Labute approximate surface area is 195 Å². The second kappa shape index (κ2) is 8.58. The zero-order chi connectivity index (χ0) is 22.3. The van der Waals surface area contributed by atoms with E-state index in [0.717, 1.165) is 17.4 Å². The van der Waals surface area contributed by atoms with Crippen LogP contribution in [0.5, 0.6) is 0 Å². The fraction of sp³-hybridized carbons (Fsp3) is 0.381. The second-order valence-corrected chi connectivity index (χ2v) is 10.8. The number of nitrogens with zero attached hydrogens (tertiary/aromatic N) is 5. The van der Waals surface area contributed by atoms with Crippen molar-refractivity contribution in [2.24, 2.45) is 0 Å². The number of sulfonamides is 1. The van der Waals surface area contributed by atoms with Gasteiger partial charge in [0.05, 0.1) is 11.7 Å². The lowest BCUT2D eigenvalue weighted by molar-refractivity contribution is -0.134. The van der Waals surface area contributed by atoms with E-state index in [-0.39, 0.29) is 10.8 Å². The highest BCUT2D eigenvalue weighted by atomic mass is 35.5. The normalized spacial score (nSPS) is 20.2. The molecule has 1 aromatic heterocycles. The van der Waals surface area contributed by atoms with Crippen molar-refractivity contribution in [2.45, 2.75) is 23.8 Å². The topological polar surface area (TPSA) is 86.7 Å². The summed E-state index contributed by atoms with van der Waals surface area (Å²) >= 11 is 6.96. The van der Waals surface area contributed by atoms with Gasteiger partial charge in [-0.15, -0.1) is 0 Å². The van der Waals surface area contributed by atoms with E-state index in [1.807, 2.05) is 24.3 Å². The molecule has 2 aliphatic rings. The van der Waals surface area contributed by atoms with Gasteiger partial charge < -0.3 is 9.80 Å². The van der Waals surface area contributed by atoms with E-state index in [4.69, 9.17) is 11.6 Å². The molecule has 11 heteroatoms. The predicted octanol–water partition coefficient (Wildman–Crippen LogP) is 2.85. The molecule has 2 saturated heterocycles. The molecule has 5 rings (SSSR count). The highest BCUT2D eigenvalue weighted by Crippen LogP contribution is 2.31. The van der Waals surface area contributed by atoms with Crippen LogP contribution in [-0.4, -0.2) is 71.0 Å². The Bertz CT molecular complexity index is 1240. The first-order valence-electron chi connectivity index (χ1n) is 10.5. The Morgan fingerprint density at radius 1 is 1.00 bits per heavy atom. The molecule has 2 aliphatic heterocycles. The number of hydrogen-bond donors (Lipinski definition) is 0. The Kier molecular flexibility index (Phi) is 5.79. The van der Waals surface area contributed by atoms with Gasteiger partial charge in [0.15, 0.2) is 0 Å². The lowest BCUT2D eigenvalue weighted by atomic mass is 10.1. The molecular weight excluding hydrogens is 470 g/mol. The van der Waals surface area contributed by atoms with Gasteiger partial charge in [0, 0.05) is 43.4 Å². The van der Waals surface area contributed by atoms with E-state index < -0.39 is 16.1 Å². The summed E-state index contributed by atoms with van der Waals surface area (Å²) in [6.45, 7) is 2.82. The minimum absolute atomic E-state index is 0.120. The van der Waals surface area contributed by atoms with Crippen molar-refractivity contribution in [3.05, 3.63) is 47.5 Å².